The quantitative estimate of drug-likeness (QED) is 0.811. The molecule has 1 aromatic rings. The maximum absolute atomic E-state index is 12.8. The Morgan fingerprint density at radius 2 is 1.73 bits per heavy atom. The van der Waals surface area contributed by atoms with Crippen LogP contribution >= 0.6 is 0 Å². The second kappa shape index (κ2) is 8.51. The number of piperazine rings is 1. The first-order chi connectivity index (χ1) is 12.5. The minimum Gasteiger partial charge on any atom is -0.480 e. The molecule has 2 aliphatic heterocycles. The van der Waals surface area contributed by atoms with Crippen molar-refractivity contribution in [2.45, 2.75) is 12.8 Å². The zero-order chi connectivity index (χ0) is 18.5. The molecule has 26 heavy (non-hydrogen) atoms. The molecule has 0 atom stereocenters. The molecular weight excluding hydrogens is 332 g/mol. The number of nitrogens with one attached hydrogen (secondary N) is 1. The molecule has 7 nitrogen and oxygen atoms in total. The molecule has 142 valence electrons. The van der Waals surface area contributed by atoms with Crippen LogP contribution in [0, 0.1) is 5.92 Å². The average molecular weight is 360 g/mol. The lowest BCUT2D eigenvalue weighted by molar-refractivity contribution is -0.138. The predicted octanol–water partition coefficient (Wildman–Crippen LogP) is 0.856. The molecule has 2 heterocycles. The molecule has 3 rings (SSSR count). The molecule has 1 amide bonds. The Hall–Kier alpha value is -2.12. The van der Waals surface area contributed by atoms with Crippen LogP contribution in [0.2, 0.25) is 0 Å². The number of benzene rings is 1. The number of piperidine rings is 1. The highest BCUT2D eigenvalue weighted by atomic mass is 16.4. The van der Waals surface area contributed by atoms with E-state index < -0.39 is 5.97 Å². The number of carbonyl (C=O) groups is 2. The van der Waals surface area contributed by atoms with Crippen LogP contribution in [0.4, 0.5) is 11.4 Å². The second-order valence-electron chi connectivity index (χ2n) is 7.09. The van der Waals surface area contributed by atoms with Crippen molar-refractivity contribution in [3.05, 3.63) is 24.3 Å². The number of amides is 1. The van der Waals surface area contributed by atoms with E-state index in [2.05, 4.69) is 22.3 Å². The van der Waals surface area contributed by atoms with Gasteiger partial charge in [-0.15, -0.1) is 0 Å². The molecule has 0 unspecified atom stereocenters. The van der Waals surface area contributed by atoms with Crippen LogP contribution < -0.4 is 15.1 Å². The Bertz CT molecular complexity index is 620. The summed E-state index contributed by atoms with van der Waals surface area (Å²) < 4.78 is 0. The fourth-order valence-electron chi connectivity index (χ4n) is 3.74. The topological polar surface area (TPSA) is 76.1 Å². The first-order valence-corrected chi connectivity index (χ1v) is 9.32. The number of carboxylic acids is 1. The predicted molar refractivity (Wildman–Crippen MR) is 102 cm³/mol. The zero-order valence-corrected chi connectivity index (χ0v) is 15.4. The molecule has 1 aromatic carbocycles. The number of hydrogen-bond acceptors (Lipinski definition) is 5. The number of rotatable bonds is 5. The largest absolute Gasteiger partial charge is 0.480 e. The SMILES string of the molecule is CN(C(=O)C1CCN(CC(=O)O)CC1)c1ccc(N2CCNCC2)cc1. The number of anilines is 2. The number of aliphatic carboxylic acids is 1. The van der Waals surface area contributed by atoms with E-state index in [0.29, 0.717) is 13.1 Å². The van der Waals surface area contributed by atoms with Crippen molar-refractivity contribution in [1.82, 2.24) is 10.2 Å². The van der Waals surface area contributed by atoms with Crippen molar-refractivity contribution in [1.29, 1.82) is 0 Å². The van der Waals surface area contributed by atoms with Crippen molar-refractivity contribution in [3.8, 4) is 0 Å². The normalized spacial score (nSPS) is 19.3. The Morgan fingerprint density at radius 1 is 1.12 bits per heavy atom. The van der Waals surface area contributed by atoms with Crippen LogP contribution in [0.25, 0.3) is 0 Å². The zero-order valence-electron chi connectivity index (χ0n) is 15.4. The van der Waals surface area contributed by atoms with Gasteiger partial charge in [0.25, 0.3) is 0 Å². The number of carbonyl (C=O) groups excluding carboxylic acids is 1. The Balaban J connectivity index is 1.56. The average Bonchev–Trinajstić information content (AvgIpc) is 2.68. The van der Waals surface area contributed by atoms with Crippen LogP contribution in [0.3, 0.4) is 0 Å². The molecule has 0 saturated carbocycles. The molecule has 2 aliphatic rings. The molecule has 0 aliphatic carbocycles. The first-order valence-electron chi connectivity index (χ1n) is 9.32. The summed E-state index contributed by atoms with van der Waals surface area (Å²) in [5.41, 5.74) is 2.10. The molecule has 2 fully saturated rings. The van der Waals surface area contributed by atoms with Gasteiger partial charge in [0.1, 0.15) is 0 Å². The highest BCUT2D eigenvalue weighted by Gasteiger charge is 2.28. The van der Waals surface area contributed by atoms with Crippen molar-refractivity contribution < 1.29 is 14.7 Å². The van der Waals surface area contributed by atoms with Gasteiger partial charge in [0.15, 0.2) is 0 Å². The minimum atomic E-state index is -0.809. The number of nitrogens with zero attached hydrogens (tertiary/aromatic N) is 3. The summed E-state index contributed by atoms with van der Waals surface area (Å²) in [6.45, 7) is 5.40. The van der Waals surface area contributed by atoms with Gasteiger partial charge >= 0.3 is 5.97 Å². The second-order valence-corrected chi connectivity index (χ2v) is 7.09. The van der Waals surface area contributed by atoms with Crippen LogP contribution in [0.1, 0.15) is 12.8 Å². The minimum absolute atomic E-state index is 0.0297. The van der Waals surface area contributed by atoms with E-state index >= 15 is 0 Å². The Kier molecular flexibility index (Phi) is 6.11. The molecule has 0 radical (unpaired) electrons. The van der Waals surface area contributed by atoms with Gasteiger partial charge < -0.3 is 20.2 Å². The van der Waals surface area contributed by atoms with Gasteiger partial charge in [-0.2, -0.15) is 0 Å². The van der Waals surface area contributed by atoms with Gasteiger partial charge in [-0.1, -0.05) is 0 Å². The van der Waals surface area contributed by atoms with Crippen LogP contribution in [-0.4, -0.2) is 74.7 Å². The van der Waals surface area contributed by atoms with Crippen molar-refractivity contribution in [2.75, 3.05) is 62.7 Å². The van der Waals surface area contributed by atoms with Crippen LogP contribution in [-0.2, 0) is 9.59 Å². The van der Waals surface area contributed by atoms with E-state index in [-0.39, 0.29) is 18.4 Å². The summed E-state index contributed by atoms with van der Waals surface area (Å²) in [7, 11) is 1.83. The summed E-state index contributed by atoms with van der Waals surface area (Å²) in [4.78, 5) is 29.6. The molecule has 0 bridgehead atoms. The van der Waals surface area contributed by atoms with Gasteiger partial charge in [-0.3, -0.25) is 14.5 Å². The molecule has 2 N–H and O–H groups in total. The lowest BCUT2D eigenvalue weighted by Crippen LogP contribution is -2.43. The Morgan fingerprint density at radius 3 is 2.31 bits per heavy atom. The third-order valence-electron chi connectivity index (χ3n) is 5.35. The van der Waals surface area contributed by atoms with Gasteiger partial charge in [0, 0.05) is 50.5 Å². The summed E-state index contributed by atoms with van der Waals surface area (Å²) in [6.07, 6.45) is 1.44. The van der Waals surface area contributed by atoms with E-state index in [1.807, 2.05) is 24.1 Å². The van der Waals surface area contributed by atoms with E-state index in [1.165, 1.54) is 5.69 Å². The fourth-order valence-corrected chi connectivity index (χ4v) is 3.74. The smallest absolute Gasteiger partial charge is 0.317 e. The summed E-state index contributed by atoms with van der Waals surface area (Å²) in [5.74, 6) is -0.718. The van der Waals surface area contributed by atoms with E-state index in [4.69, 9.17) is 5.11 Å². The fraction of sp³-hybridized carbons (Fsp3) is 0.579. The van der Waals surface area contributed by atoms with Gasteiger partial charge in [-0.05, 0) is 50.2 Å². The lowest BCUT2D eigenvalue weighted by atomic mass is 9.95. The third kappa shape index (κ3) is 4.53. The Labute approximate surface area is 154 Å². The molecule has 2 saturated heterocycles. The first kappa shape index (κ1) is 18.7. The monoisotopic (exact) mass is 360 g/mol. The van der Waals surface area contributed by atoms with E-state index in [9.17, 15) is 9.59 Å². The third-order valence-corrected chi connectivity index (χ3v) is 5.35. The van der Waals surface area contributed by atoms with Crippen LogP contribution in [0.15, 0.2) is 24.3 Å². The van der Waals surface area contributed by atoms with Crippen molar-refractivity contribution in [3.63, 3.8) is 0 Å². The number of carboxylic acid groups (broad SMARTS) is 1. The molecular formula is C19H28N4O3. The van der Waals surface area contributed by atoms with Gasteiger partial charge in [0.2, 0.25) is 5.91 Å². The summed E-state index contributed by atoms with van der Waals surface area (Å²) >= 11 is 0. The molecule has 0 aromatic heterocycles. The standard InChI is InChI=1S/C19H28N4O3/c1-21(19(26)15-6-10-22(11-7-15)14-18(24)25)16-2-4-17(5-3-16)23-12-8-20-9-13-23/h2-5,15,20H,6-14H2,1H3,(H,24,25). The maximum atomic E-state index is 12.8. The lowest BCUT2D eigenvalue weighted by Gasteiger charge is -2.32. The van der Waals surface area contributed by atoms with Crippen molar-refractivity contribution in [2.24, 2.45) is 5.92 Å². The summed E-state index contributed by atoms with van der Waals surface area (Å²) in [5, 5.41) is 12.2. The maximum Gasteiger partial charge on any atom is 0.317 e. The highest BCUT2D eigenvalue weighted by Crippen LogP contribution is 2.25. The highest BCUT2D eigenvalue weighted by molar-refractivity contribution is 5.94. The number of hydrogen-bond donors (Lipinski definition) is 2. The van der Waals surface area contributed by atoms with E-state index in [1.54, 1.807) is 4.90 Å². The van der Waals surface area contributed by atoms with E-state index in [0.717, 1.165) is 44.7 Å². The van der Waals surface area contributed by atoms with Gasteiger partial charge in [0.05, 0.1) is 6.54 Å². The van der Waals surface area contributed by atoms with Gasteiger partial charge in [-0.25, -0.2) is 0 Å². The van der Waals surface area contributed by atoms with Crippen LogP contribution in [0.5, 0.6) is 0 Å². The molecule has 0 spiro atoms. The van der Waals surface area contributed by atoms with Crippen molar-refractivity contribution >= 4 is 23.3 Å². The number of likely N-dealkylation sites (tertiary alicyclic amines) is 1. The summed E-state index contributed by atoms with van der Waals surface area (Å²) in [6, 6.07) is 8.18. The molecule has 7 heteroatoms.